The van der Waals surface area contributed by atoms with Gasteiger partial charge in [-0.15, -0.1) is 0 Å². The molecule has 0 aromatic rings. The first-order valence-corrected chi connectivity index (χ1v) is 3.98. The summed E-state index contributed by atoms with van der Waals surface area (Å²) in [6, 6.07) is 0. The van der Waals surface area contributed by atoms with Gasteiger partial charge in [-0.25, -0.2) is 0 Å². The minimum atomic E-state index is 0.727. The summed E-state index contributed by atoms with van der Waals surface area (Å²) in [5, 5.41) is 0. The highest BCUT2D eigenvalue weighted by Crippen LogP contribution is 2.27. The van der Waals surface area contributed by atoms with E-state index in [9.17, 15) is 0 Å². The third kappa shape index (κ3) is 1.31. The standard InChI is InChI=1S/C10H16/c1-7-5-8(2)10(4)9(3)6-7/h5-6,8,10H,1-4H3. The van der Waals surface area contributed by atoms with Crippen molar-refractivity contribution >= 4 is 0 Å². The molecule has 0 heterocycles. The van der Waals surface area contributed by atoms with Crippen LogP contribution in [0.25, 0.3) is 0 Å². The summed E-state index contributed by atoms with van der Waals surface area (Å²) in [5.74, 6) is 1.47. The van der Waals surface area contributed by atoms with Gasteiger partial charge in [0, 0.05) is 0 Å². The summed E-state index contributed by atoms with van der Waals surface area (Å²) >= 11 is 0. The van der Waals surface area contributed by atoms with Crippen LogP contribution in [-0.2, 0) is 0 Å². The molecule has 1 rings (SSSR count). The summed E-state index contributed by atoms with van der Waals surface area (Å²) in [6.07, 6.45) is 4.63. The van der Waals surface area contributed by atoms with E-state index in [2.05, 4.69) is 39.8 Å². The Kier molecular flexibility index (Phi) is 1.98. The molecule has 1 aliphatic rings. The van der Waals surface area contributed by atoms with Crippen molar-refractivity contribution in [1.29, 1.82) is 0 Å². The molecular formula is C10H16. The van der Waals surface area contributed by atoms with Crippen molar-refractivity contribution in [3.8, 4) is 0 Å². The van der Waals surface area contributed by atoms with E-state index in [1.54, 1.807) is 0 Å². The molecule has 56 valence electrons. The molecule has 2 unspecified atom stereocenters. The van der Waals surface area contributed by atoms with E-state index in [0.29, 0.717) is 0 Å². The minimum Gasteiger partial charge on any atom is -0.0782 e. The van der Waals surface area contributed by atoms with Crippen molar-refractivity contribution in [1.82, 2.24) is 0 Å². The van der Waals surface area contributed by atoms with Gasteiger partial charge in [0.2, 0.25) is 0 Å². The van der Waals surface area contributed by atoms with Crippen molar-refractivity contribution in [3.63, 3.8) is 0 Å². The van der Waals surface area contributed by atoms with E-state index < -0.39 is 0 Å². The van der Waals surface area contributed by atoms with Gasteiger partial charge in [0.15, 0.2) is 0 Å². The fraction of sp³-hybridized carbons (Fsp3) is 0.600. The highest BCUT2D eigenvalue weighted by atomic mass is 14.2. The summed E-state index contributed by atoms with van der Waals surface area (Å²) < 4.78 is 0. The van der Waals surface area contributed by atoms with Gasteiger partial charge in [-0.1, -0.05) is 37.1 Å². The maximum atomic E-state index is 2.34. The maximum absolute atomic E-state index is 2.34. The molecule has 0 bridgehead atoms. The van der Waals surface area contributed by atoms with Crippen LogP contribution in [0.4, 0.5) is 0 Å². The Morgan fingerprint density at radius 3 is 2.30 bits per heavy atom. The summed E-state index contributed by atoms with van der Waals surface area (Å²) in [5.41, 5.74) is 2.94. The first kappa shape index (κ1) is 7.59. The third-order valence-electron chi connectivity index (χ3n) is 2.49. The monoisotopic (exact) mass is 136 g/mol. The van der Waals surface area contributed by atoms with Gasteiger partial charge in [-0.2, -0.15) is 0 Å². The molecule has 0 amide bonds. The molecule has 0 aromatic heterocycles. The number of rotatable bonds is 0. The lowest BCUT2D eigenvalue weighted by molar-refractivity contribution is 0.519. The average molecular weight is 136 g/mol. The Morgan fingerprint density at radius 2 is 1.80 bits per heavy atom. The zero-order valence-electron chi connectivity index (χ0n) is 7.31. The van der Waals surface area contributed by atoms with Gasteiger partial charge in [-0.05, 0) is 25.7 Å². The molecule has 0 aromatic carbocycles. The second kappa shape index (κ2) is 2.61. The highest BCUT2D eigenvalue weighted by Gasteiger charge is 2.14. The summed E-state index contributed by atoms with van der Waals surface area (Å²) in [4.78, 5) is 0. The number of allylic oxidation sites excluding steroid dienone is 4. The third-order valence-corrected chi connectivity index (χ3v) is 2.49. The molecule has 0 saturated carbocycles. The van der Waals surface area contributed by atoms with E-state index in [0.717, 1.165) is 11.8 Å². The highest BCUT2D eigenvalue weighted by molar-refractivity contribution is 5.28. The molecule has 2 atom stereocenters. The second-order valence-corrected chi connectivity index (χ2v) is 3.45. The predicted octanol–water partition coefficient (Wildman–Crippen LogP) is 3.16. The lowest BCUT2D eigenvalue weighted by Crippen LogP contribution is -2.10. The van der Waals surface area contributed by atoms with Gasteiger partial charge in [-0.3, -0.25) is 0 Å². The van der Waals surface area contributed by atoms with Gasteiger partial charge in [0.05, 0.1) is 0 Å². The number of hydrogen-bond donors (Lipinski definition) is 0. The van der Waals surface area contributed by atoms with Gasteiger partial charge in [0.25, 0.3) is 0 Å². The molecule has 0 heteroatoms. The van der Waals surface area contributed by atoms with Crippen molar-refractivity contribution in [2.75, 3.05) is 0 Å². The van der Waals surface area contributed by atoms with E-state index in [4.69, 9.17) is 0 Å². The topological polar surface area (TPSA) is 0 Å². The van der Waals surface area contributed by atoms with Crippen LogP contribution in [0, 0.1) is 11.8 Å². The molecule has 0 fully saturated rings. The zero-order chi connectivity index (χ0) is 7.72. The molecule has 0 radical (unpaired) electrons. The predicted molar refractivity (Wildman–Crippen MR) is 45.8 cm³/mol. The SMILES string of the molecule is CC1=CC(C)C(C)C(C)=C1. The lowest BCUT2D eigenvalue weighted by atomic mass is 9.83. The van der Waals surface area contributed by atoms with E-state index >= 15 is 0 Å². The summed E-state index contributed by atoms with van der Waals surface area (Å²) in [7, 11) is 0. The molecule has 0 N–H and O–H groups in total. The Morgan fingerprint density at radius 1 is 1.20 bits per heavy atom. The van der Waals surface area contributed by atoms with Crippen LogP contribution in [0.1, 0.15) is 27.7 Å². The zero-order valence-corrected chi connectivity index (χ0v) is 7.31. The fourth-order valence-corrected chi connectivity index (χ4v) is 1.51. The van der Waals surface area contributed by atoms with Gasteiger partial charge >= 0.3 is 0 Å². The first-order valence-electron chi connectivity index (χ1n) is 3.98. The van der Waals surface area contributed by atoms with Crippen LogP contribution in [0.15, 0.2) is 23.3 Å². The molecule has 0 saturated heterocycles. The van der Waals surface area contributed by atoms with E-state index in [1.165, 1.54) is 11.1 Å². The molecule has 10 heavy (non-hydrogen) atoms. The van der Waals surface area contributed by atoms with Crippen molar-refractivity contribution in [2.24, 2.45) is 11.8 Å². The molecule has 0 aliphatic heterocycles. The summed E-state index contributed by atoms with van der Waals surface area (Å²) in [6.45, 7) is 8.97. The van der Waals surface area contributed by atoms with Crippen LogP contribution < -0.4 is 0 Å². The minimum absolute atomic E-state index is 0.727. The van der Waals surface area contributed by atoms with Crippen molar-refractivity contribution < 1.29 is 0 Å². The Bertz CT molecular complexity index is 184. The normalized spacial score (nSPS) is 33.2. The molecular weight excluding hydrogens is 120 g/mol. The van der Waals surface area contributed by atoms with Crippen LogP contribution in [0.3, 0.4) is 0 Å². The van der Waals surface area contributed by atoms with Crippen LogP contribution in [0.5, 0.6) is 0 Å². The van der Waals surface area contributed by atoms with Crippen LogP contribution >= 0.6 is 0 Å². The molecule has 0 nitrogen and oxygen atoms in total. The Labute approximate surface area is 63.6 Å². The fourth-order valence-electron chi connectivity index (χ4n) is 1.51. The smallest absolute Gasteiger partial charge is 0.0171 e. The van der Waals surface area contributed by atoms with Crippen molar-refractivity contribution in [2.45, 2.75) is 27.7 Å². The first-order chi connectivity index (χ1) is 4.61. The quantitative estimate of drug-likeness (QED) is 0.480. The van der Waals surface area contributed by atoms with E-state index in [1.807, 2.05) is 0 Å². The Balaban J connectivity index is 2.85. The van der Waals surface area contributed by atoms with Gasteiger partial charge < -0.3 is 0 Å². The molecule has 0 spiro atoms. The van der Waals surface area contributed by atoms with Crippen LogP contribution in [-0.4, -0.2) is 0 Å². The number of hydrogen-bond acceptors (Lipinski definition) is 0. The van der Waals surface area contributed by atoms with Crippen LogP contribution in [0.2, 0.25) is 0 Å². The second-order valence-electron chi connectivity index (χ2n) is 3.45. The Hall–Kier alpha value is -0.520. The van der Waals surface area contributed by atoms with Crippen molar-refractivity contribution in [3.05, 3.63) is 23.3 Å². The molecule has 1 aliphatic carbocycles. The largest absolute Gasteiger partial charge is 0.0782 e. The lowest BCUT2D eigenvalue weighted by Gasteiger charge is -2.22. The van der Waals surface area contributed by atoms with E-state index in [-0.39, 0.29) is 0 Å². The van der Waals surface area contributed by atoms with Gasteiger partial charge in [0.1, 0.15) is 0 Å². The maximum Gasteiger partial charge on any atom is -0.0171 e. The average Bonchev–Trinajstić information content (AvgIpc) is 1.82.